The highest BCUT2D eigenvalue weighted by molar-refractivity contribution is 6.33. The second-order valence-corrected chi connectivity index (χ2v) is 6.51. The van der Waals surface area contributed by atoms with E-state index in [1.807, 2.05) is 40.8 Å². The predicted molar refractivity (Wildman–Crippen MR) is 101 cm³/mol. The number of hydrogen-bond donors (Lipinski definition) is 1. The molecule has 10 heteroatoms. The Morgan fingerprint density at radius 3 is 2.30 bits per heavy atom. The molecule has 0 spiro atoms. The summed E-state index contributed by atoms with van der Waals surface area (Å²) in [4.78, 5) is 23.3. The molecule has 2 unspecified atom stereocenters. The summed E-state index contributed by atoms with van der Waals surface area (Å²) in [5.74, 6) is -0.390. The van der Waals surface area contributed by atoms with E-state index in [0.717, 1.165) is 11.0 Å². The van der Waals surface area contributed by atoms with Crippen molar-refractivity contribution >= 4 is 29.4 Å². The van der Waals surface area contributed by atoms with Crippen LogP contribution in [0.2, 0.25) is 5.15 Å². The molecular weight excluding hydrogens is 376 g/mol. The topological polar surface area (TPSA) is 98.8 Å². The van der Waals surface area contributed by atoms with E-state index in [1.165, 1.54) is 6.33 Å². The first-order valence-corrected chi connectivity index (χ1v) is 8.57. The van der Waals surface area contributed by atoms with Crippen LogP contribution >= 0.6 is 11.6 Å². The molecule has 2 aliphatic rings. The molecule has 1 N–H and O–H groups in total. The number of carbonyl (C=O) groups excluding carboxylic acids is 1. The molecule has 0 radical (unpaired) electrons. The quantitative estimate of drug-likeness (QED) is 0.571. The largest absolute Gasteiger partial charge is 0.376 e. The number of hydroxylamine groups is 2. The van der Waals surface area contributed by atoms with Gasteiger partial charge in [-0.2, -0.15) is 5.06 Å². The highest BCUT2D eigenvalue weighted by Gasteiger charge is 2.44. The number of aromatic nitrogens is 3. The first kappa shape index (κ1) is 23.4. The van der Waals surface area contributed by atoms with E-state index in [2.05, 4.69) is 19.8 Å². The maximum absolute atomic E-state index is 8.00. The fraction of sp³-hybridized carbons (Fsp3) is 0.588. The lowest BCUT2D eigenvalue weighted by Gasteiger charge is -2.17. The smallest absolute Gasteiger partial charge is 0.163 e. The van der Waals surface area contributed by atoms with Crippen LogP contribution in [0.1, 0.15) is 13.8 Å². The Hall–Kier alpha value is -1.62. The fourth-order valence-electron chi connectivity index (χ4n) is 2.33. The van der Waals surface area contributed by atoms with Crippen molar-refractivity contribution in [1.29, 1.82) is 0 Å². The predicted octanol–water partition coefficient (Wildman–Crippen LogP) is 2.07. The minimum atomic E-state index is -0.390. The van der Waals surface area contributed by atoms with Gasteiger partial charge in [0.2, 0.25) is 0 Å². The van der Waals surface area contributed by atoms with Gasteiger partial charge >= 0.3 is 0 Å². The minimum absolute atomic E-state index is 0.176. The number of nitrogens with zero attached hydrogens (tertiary/aromatic N) is 3. The average Bonchev–Trinajstić information content (AvgIpc) is 3.33. The maximum atomic E-state index is 8.00. The van der Waals surface area contributed by atoms with Crippen molar-refractivity contribution in [2.75, 3.05) is 34.4 Å². The number of fused-ring (bicyclic) bond motifs is 2. The van der Waals surface area contributed by atoms with Crippen molar-refractivity contribution in [2.24, 2.45) is 0 Å². The Balaban J connectivity index is 0.000000205. The first-order chi connectivity index (χ1) is 12.8. The molecule has 9 nitrogen and oxygen atoms in total. The average molecular weight is 403 g/mol. The van der Waals surface area contributed by atoms with E-state index < -0.39 is 0 Å². The van der Waals surface area contributed by atoms with Gasteiger partial charge in [0.1, 0.15) is 36.1 Å². The molecule has 2 aliphatic heterocycles. The zero-order valence-corrected chi connectivity index (χ0v) is 17.0. The molecule has 0 amide bonds. The van der Waals surface area contributed by atoms with Gasteiger partial charge in [-0.05, 0) is 19.9 Å². The number of aromatic amines is 1. The highest BCUT2D eigenvalue weighted by Crippen LogP contribution is 2.31. The number of hydrogen-bond acceptors (Lipinski definition) is 8. The molecule has 4 rings (SSSR count). The lowest BCUT2D eigenvalue weighted by molar-refractivity contribution is -0.164. The third-order valence-corrected chi connectivity index (χ3v) is 3.82. The number of rotatable bonds is 1. The third kappa shape index (κ3) is 7.49. The second-order valence-electron chi connectivity index (χ2n) is 6.15. The minimum Gasteiger partial charge on any atom is -0.376 e. The Morgan fingerprint density at radius 2 is 1.81 bits per heavy atom. The first-order valence-electron chi connectivity index (χ1n) is 8.19. The van der Waals surface area contributed by atoms with Gasteiger partial charge in [-0.15, -0.1) is 0 Å². The van der Waals surface area contributed by atoms with E-state index in [-0.39, 0.29) is 18.0 Å². The Kier molecular flexibility index (Phi) is 9.78. The number of halogens is 1. The summed E-state index contributed by atoms with van der Waals surface area (Å²) in [5, 5.41) is 2.98. The Morgan fingerprint density at radius 1 is 1.26 bits per heavy atom. The summed E-state index contributed by atoms with van der Waals surface area (Å²) < 4.78 is 16.2. The summed E-state index contributed by atoms with van der Waals surface area (Å²) in [5.41, 5.74) is 0.778. The summed E-state index contributed by atoms with van der Waals surface area (Å²) in [6, 6.07) is 1.84. The van der Waals surface area contributed by atoms with Gasteiger partial charge in [0.15, 0.2) is 5.79 Å². The van der Waals surface area contributed by atoms with Crippen LogP contribution in [0.15, 0.2) is 18.6 Å². The number of H-pyrrole nitrogens is 1. The lowest BCUT2D eigenvalue weighted by Crippen LogP contribution is -2.23. The number of nitrogens with one attached hydrogen (secondary N) is 1. The molecule has 2 aromatic heterocycles. The number of ether oxygens (including phenoxy) is 3. The third-order valence-electron chi connectivity index (χ3n) is 3.52. The van der Waals surface area contributed by atoms with Crippen LogP contribution in [-0.2, 0) is 23.8 Å². The normalized spacial score (nSPS) is 22.0. The molecule has 0 aliphatic carbocycles. The van der Waals surface area contributed by atoms with Crippen LogP contribution in [0, 0.1) is 0 Å². The van der Waals surface area contributed by atoms with Crippen molar-refractivity contribution < 1.29 is 23.8 Å². The highest BCUT2D eigenvalue weighted by atomic mass is 35.5. The molecule has 2 fully saturated rings. The fourth-order valence-corrected chi connectivity index (χ4v) is 2.53. The van der Waals surface area contributed by atoms with Gasteiger partial charge < -0.3 is 28.8 Å². The van der Waals surface area contributed by atoms with Crippen molar-refractivity contribution in [1.82, 2.24) is 20.0 Å². The van der Waals surface area contributed by atoms with Crippen molar-refractivity contribution in [2.45, 2.75) is 31.8 Å². The van der Waals surface area contributed by atoms with Gasteiger partial charge in [0.05, 0.1) is 25.7 Å². The van der Waals surface area contributed by atoms with E-state index in [4.69, 9.17) is 30.6 Å². The number of carbonyl (C=O) groups is 1. The van der Waals surface area contributed by atoms with Gasteiger partial charge in [-0.25, -0.2) is 9.97 Å². The van der Waals surface area contributed by atoms with Crippen LogP contribution in [-0.4, -0.2) is 79.2 Å². The van der Waals surface area contributed by atoms with E-state index in [1.54, 1.807) is 18.4 Å². The van der Waals surface area contributed by atoms with Crippen molar-refractivity contribution in [3.05, 3.63) is 23.7 Å². The van der Waals surface area contributed by atoms with Crippen molar-refractivity contribution in [3.63, 3.8) is 0 Å². The SMILES string of the molecule is C=O.CC1(C)OC2COCC2O1.CON(C)C.Clc1ncnc2[nH]ccc12. The maximum Gasteiger partial charge on any atom is 0.163 e. The molecule has 2 saturated heterocycles. The molecule has 0 aromatic carbocycles. The molecular formula is C17H27ClN4O5. The summed E-state index contributed by atoms with van der Waals surface area (Å²) in [6.45, 7) is 7.25. The van der Waals surface area contributed by atoms with Crippen LogP contribution in [0.3, 0.4) is 0 Å². The van der Waals surface area contributed by atoms with Gasteiger partial charge in [0.25, 0.3) is 0 Å². The molecule has 27 heavy (non-hydrogen) atoms. The summed E-state index contributed by atoms with van der Waals surface area (Å²) >= 11 is 5.73. The molecule has 2 aromatic rings. The van der Waals surface area contributed by atoms with Crippen LogP contribution in [0.25, 0.3) is 11.0 Å². The molecule has 0 bridgehead atoms. The molecule has 4 heterocycles. The van der Waals surface area contributed by atoms with Gasteiger partial charge in [-0.3, -0.25) is 0 Å². The molecule has 2 atom stereocenters. The van der Waals surface area contributed by atoms with Gasteiger partial charge in [0, 0.05) is 20.3 Å². The summed E-state index contributed by atoms with van der Waals surface area (Å²) in [7, 11) is 5.29. The Labute approximate surface area is 163 Å². The lowest BCUT2D eigenvalue weighted by atomic mass is 10.3. The standard InChI is InChI=1S/C7H12O3.C6H4ClN3.C3H9NO.CH2O/c1-7(2)9-5-3-8-4-6(5)10-7;7-5-4-1-2-8-6(4)10-3-9-5;1-4(2)5-3;1-2/h5-6H,3-4H2,1-2H3;1-3H,(H,8,9,10);1-3H3;1H2. The van der Waals surface area contributed by atoms with Crippen LogP contribution in [0.4, 0.5) is 0 Å². The van der Waals surface area contributed by atoms with Crippen LogP contribution < -0.4 is 0 Å². The zero-order chi connectivity index (χ0) is 20.4. The van der Waals surface area contributed by atoms with E-state index >= 15 is 0 Å². The molecule has 152 valence electrons. The van der Waals surface area contributed by atoms with E-state index in [0.29, 0.717) is 18.4 Å². The Bertz CT molecular complexity index is 668. The van der Waals surface area contributed by atoms with Crippen LogP contribution in [0.5, 0.6) is 0 Å². The summed E-state index contributed by atoms with van der Waals surface area (Å²) in [6.07, 6.45) is 3.57. The van der Waals surface area contributed by atoms with E-state index in [9.17, 15) is 0 Å². The molecule has 0 saturated carbocycles. The van der Waals surface area contributed by atoms with Gasteiger partial charge in [-0.1, -0.05) is 11.6 Å². The van der Waals surface area contributed by atoms with Crippen molar-refractivity contribution in [3.8, 4) is 0 Å². The second kappa shape index (κ2) is 11.3. The monoisotopic (exact) mass is 402 g/mol. The zero-order valence-electron chi connectivity index (χ0n) is 16.3.